The van der Waals surface area contributed by atoms with E-state index in [1.165, 1.54) is 11.3 Å². The van der Waals surface area contributed by atoms with Crippen molar-refractivity contribution in [3.63, 3.8) is 0 Å². The Morgan fingerprint density at radius 3 is 3.25 bits per heavy atom. The molecule has 3 N–H and O–H groups in total. The molecule has 0 saturated carbocycles. The molecule has 2 aromatic rings. The van der Waals surface area contributed by atoms with Crippen molar-refractivity contribution in [2.24, 2.45) is 0 Å². The highest BCUT2D eigenvalue weighted by atomic mass is 32.1. The van der Waals surface area contributed by atoms with Crippen molar-refractivity contribution in [3.8, 4) is 10.8 Å². The first-order valence-electron chi connectivity index (χ1n) is 6.28. The lowest BCUT2D eigenvalue weighted by molar-refractivity contribution is -0.123. The molecule has 20 heavy (non-hydrogen) atoms. The van der Waals surface area contributed by atoms with Gasteiger partial charge in [0.05, 0.1) is 23.6 Å². The van der Waals surface area contributed by atoms with E-state index >= 15 is 0 Å². The van der Waals surface area contributed by atoms with Gasteiger partial charge in [0.2, 0.25) is 5.91 Å². The summed E-state index contributed by atoms with van der Waals surface area (Å²) in [4.78, 5) is 16.9. The fraction of sp³-hybridized carbons (Fsp3) is 0.417. The van der Waals surface area contributed by atoms with Crippen LogP contribution in [0.4, 0.5) is 0 Å². The predicted octanol–water partition coefficient (Wildman–Crippen LogP) is 0.137. The minimum atomic E-state index is -0.457. The molecule has 8 heteroatoms. The smallest absolute Gasteiger partial charge is 0.268 e. The molecule has 1 aliphatic rings. The molecule has 0 radical (unpaired) electrons. The molecular weight excluding hydrogens is 280 g/mol. The van der Waals surface area contributed by atoms with Crippen molar-refractivity contribution in [2.75, 3.05) is 6.54 Å². The van der Waals surface area contributed by atoms with Gasteiger partial charge in [-0.25, -0.2) is 0 Å². The Kier molecular flexibility index (Phi) is 3.77. The second-order valence-electron chi connectivity index (χ2n) is 4.56. The second kappa shape index (κ2) is 5.70. The Bertz CT molecular complexity index is 583. The van der Waals surface area contributed by atoms with E-state index in [0.717, 1.165) is 4.88 Å². The summed E-state index contributed by atoms with van der Waals surface area (Å²) >= 11 is 1.51. The van der Waals surface area contributed by atoms with Crippen LogP contribution in [0.2, 0.25) is 0 Å². The van der Waals surface area contributed by atoms with E-state index in [1.807, 2.05) is 17.5 Å². The summed E-state index contributed by atoms with van der Waals surface area (Å²) in [7, 11) is 0. The Morgan fingerprint density at radius 1 is 1.65 bits per heavy atom. The molecule has 0 aliphatic carbocycles. The number of hydrogen-bond donors (Lipinski definition) is 3. The van der Waals surface area contributed by atoms with E-state index in [1.54, 1.807) is 0 Å². The molecular formula is C12H14N4O3S. The molecule has 1 amide bonds. The number of aliphatic hydroxyl groups excluding tert-OH is 1. The zero-order valence-corrected chi connectivity index (χ0v) is 11.4. The molecule has 1 aliphatic heterocycles. The Hall–Kier alpha value is -1.77. The molecule has 0 bridgehead atoms. The highest BCUT2D eigenvalue weighted by Crippen LogP contribution is 2.22. The van der Waals surface area contributed by atoms with E-state index in [9.17, 15) is 9.90 Å². The lowest BCUT2D eigenvalue weighted by Crippen LogP contribution is -2.40. The molecule has 1 fully saturated rings. The summed E-state index contributed by atoms with van der Waals surface area (Å²) in [6.45, 7) is 0.658. The van der Waals surface area contributed by atoms with E-state index in [4.69, 9.17) is 4.52 Å². The first kappa shape index (κ1) is 13.2. The molecule has 0 spiro atoms. The first-order chi connectivity index (χ1) is 9.72. The van der Waals surface area contributed by atoms with Gasteiger partial charge in [-0.1, -0.05) is 11.2 Å². The minimum Gasteiger partial charge on any atom is -0.392 e. The third-order valence-corrected chi connectivity index (χ3v) is 3.90. The van der Waals surface area contributed by atoms with Crippen LogP contribution < -0.4 is 10.6 Å². The van der Waals surface area contributed by atoms with Crippen LogP contribution in [0.25, 0.3) is 10.8 Å². The highest BCUT2D eigenvalue weighted by molar-refractivity contribution is 7.13. The van der Waals surface area contributed by atoms with E-state index in [0.29, 0.717) is 24.7 Å². The number of amides is 1. The van der Waals surface area contributed by atoms with Crippen LogP contribution in [0.5, 0.6) is 0 Å². The van der Waals surface area contributed by atoms with Gasteiger partial charge in [0.15, 0.2) is 5.82 Å². The van der Waals surface area contributed by atoms with Gasteiger partial charge in [-0.2, -0.15) is 4.98 Å². The first-order valence-corrected chi connectivity index (χ1v) is 7.16. The quantitative estimate of drug-likeness (QED) is 0.741. The van der Waals surface area contributed by atoms with Gasteiger partial charge in [0.25, 0.3) is 5.89 Å². The molecule has 3 rings (SSSR count). The third-order valence-electron chi connectivity index (χ3n) is 3.04. The number of thiophene rings is 1. The van der Waals surface area contributed by atoms with Crippen LogP contribution in [-0.2, 0) is 11.3 Å². The van der Waals surface area contributed by atoms with E-state index in [-0.39, 0.29) is 18.5 Å². The number of aliphatic hydroxyl groups is 1. The highest BCUT2D eigenvalue weighted by Gasteiger charge is 2.27. The lowest BCUT2D eigenvalue weighted by atomic mass is 10.2. The Labute approximate surface area is 119 Å². The van der Waals surface area contributed by atoms with Gasteiger partial charge in [0.1, 0.15) is 0 Å². The monoisotopic (exact) mass is 294 g/mol. The van der Waals surface area contributed by atoms with Gasteiger partial charge in [-0.15, -0.1) is 11.3 Å². The maximum Gasteiger partial charge on any atom is 0.268 e. The number of aromatic nitrogens is 2. The molecule has 106 valence electrons. The zero-order valence-electron chi connectivity index (χ0n) is 10.6. The number of nitrogens with zero attached hydrogens (tertiary/aromatic N) is 2. The summed E-state index contributed by atoms with van der Waals surface area (Å²) in [6, 6.07) is 3.45. The van der Waals surface area contributed by atoms with Gasteiger partial charge >= 0.3 is 0 Å². The fourth-order valence-corrected chi connectivity index (χ4v) is 2.68. The predicted molar refractivity (Wildman–Crippen MR) is 71.9 cm³/mol. The maximum absolute atomic E-state index is 11.8. The molecule has 0 unspecified atom stereocenters. The largest absolute Gasteiger partial charge is 0.392 e. The Balaban J connectivity index is 1.55. The van der Waals surface area contributed by atoms with Crippen LogP contribution in [0, 0.1) is 0 Å². The topological polar surface area (TPSA) is 100 Å². The van der Waals surface area contributed by atoms with Crippen LogP contribution in [-0.4, -0.2) is 39.8 Å². The number of carbonyl (C=O) groups excluding carboxylic acids is 1. The fourth-order valence-electron chi connectivity index (χ4n) is 2.03. The SMILES string of the molecule is O=C(NCc1noc(-c2cccs2)n1)[C@H]1C[C@@H](O)CN1. The van der Waals surface area contributed by atoms with Crippen molar-refractivity contribution in [2.45, 2.75) is 25.1 Å². The van der Waals surface area contributed by atoms with Crippen molar-refractivity contribution in [3.05, 3.63) is 23.3 Å². The normalized spacial score (nSPS) is 22.1. The molecule has 7 nitrogen and oxygen atoms in total. The molecule has 2 atom stereocenters. The second-order valence-corrected chi connectivity index (χ2v) is 5.51. The summed E-state index contributed by atoms with van der Waals surface area (Å²) in [5.74, 6) is 0.725. The van der Waals surface area contributed by atoms with Gasteiger partial charge in [-0.05, 0) is 17.9 Å². The summed E-state index contributed by atoms with van der Waals surface area (Å²) in [5.41, 5.74) is 0. The molecule has 3 heterocycles. The number of nitrogens with one attached hydrogen (secondary N) is 2. The van der Waals surface area contributed by atoms with Crippen molar-refractivity contribution in [1.82, 2.24) is 20.8 Å². The summed E-state index contributed by atoms with van der Waals surface area (Å²) in [5, 5.41) is 20.8. The zero-order chi connectivity index (χ0) is 13.9. The van der Waals surface area contributed by atoms with E-state index in [2.05, 4.69) is 20.8 Å². The van der Waals surface area contributed by atoms with Gasteiger partial charge in [0, 0.05) is 6.54 Å². The molecule has 1 saturated heterocycles. The molecule has 2 aromatic heterocycles. The van der Waals surface area contributed by atoms with Crippen molar-refractivity contribution >= 4 is 17.2 Å². The van der Waals surface area contributed by atoms with Crippen LogP contribution in [0.3, 0.4) is 0 Å². The average Bonchev–Trinajstić information content (AvgIpc) is 3.16. The summed E-state index contributed by atoms with van der Waals surface area (Å²) in [6.07, 6.45) is -0.0280. The molecule has 0 aromatic carbocycles. The lowest BCUT2D eigenvalue weighted by Gasteiger charge is -2.08. The van der Waals surface area contributed by atoms with Crippen molar-refractivity contribution in [1.29, 1.82) is 0 Å². The van der Waals surface area contributed by atoms with Crippen LogP contribution in [0.1, 0.15) is 12.2 Å². The number of β-amino-alcohol motifs (C(OH)–C–C–N with tert-alkyl or cyclic N) is 1. The third kappa shape index (κ3) is 2.87. The van der Waals surface area contributed by atoms with Crippen molar-refractivity contribution < 1.29 is 14.4 Å². The summed E-state index contributed by atoms with van der Waals surface area (Å²) < 4.78 is 5.13. The number of carbonyl (C=O) groups is 1. The van der Waals surface area contributed by atoms with Gasteiger partial charge in [-0.3, -0.25) is 4.79 Å². The standard InChI is InChI=1S/C12H14N4O3S/c17-7-4-8(13-5-7)11(18)14-6-10-15-12(19-16-10)9-2-1-3-20-9/h1-3,7-8,13,17H,4-6H2,(H,14,18)/t7-,8-/m1/s1. The maximum atomic E-state index is 11.8. The van der Waals surface area contributed by atoms with Crippen LogP contribution >= 0.6 is 11.3 Å². The van der Waals surface area contributed by atoms with Crippen LogP contribution in [0.15, 0.2) is 22.0 Å². The van der Waals surface area contributed by atoms with Gasteiger partial charge < -0.3 is 20.3 Å². The number of rotatable bonds is 4. The average molecular weight is 294 g/mol. The minimum absolute atomic E-state index is 0.163. The van der Waals surface area contributed by atoms with E-state index < -0.39 is 6.10 Å². The Morgan fingerprint density at radius 2 is 2.55 bits per heavy atom. The number of hydrogen-bond acceptors (Lipinski definition) is 7.